The molecular weight excluding hydrogens is 349 g/mol. The number of hydrogen-bond acceptors (Lipinski definition) is 4. The molecule has 0 aromatic heterocycles. The van der Waals surface area contributed by atoms with Gasteiger partial charge in [-0.15, -0.1) is 0 Å². The summed E-state index contributed by atoms with van der Waals surface area (Å²) in [5.74, 6) is -1.40. The van der Waals surface area contributed by atoms with Crippen molar-refractivity contribution in [2.45, 2.75) is 96.8 Å². The van der Waals surface area contributed by atoms with Gasteiger partial charge in [0.2, 0.25) is 10.0 Å². The molecule has 1 N–H and O–H groups in total. The molecule has 25 heavy (non-hydrogen) atoms. The Morgan fingerprint density at radius 1 is 0.760 bits per heavy atom. The molecule has 0 rings (SSSR count). The number of hydrogen-bond donors (Lipinski definition) is 1. The van der Waals surface area contributed by atoms with Crippen molar-refractivity contribution in [2.75, 3.05) is 12.3 Å². The van der Waals surface area contributed by atoms with Crippen LogP contribution in [-0.4, -0.2) is 26.7 Å². The summed E-state index contributed by atoms with van der Waals surface area (Å²) >= 11 is 0. The minimum Gasteiger partial charge on any atom is -0.549 e. The van der Waals surface area contributed by atoms with E-state index in [4.69, 9.17) is 0 Å². The van der Waals surface area contributed by atoms with Gasteiger partial charge in [-0.3, -0.25) is 0 Å². The summed E-state index contributed by atoms with van der Waals surface area (Å²) in [6, 6.07) is 0. The van der Waals surface area contributed by atoms with Crippen molar-refractivity contribution < 1.29 is 47.9 Å². The number of aliphatic carboxylic acids is 1. The maximum absolute atomic E-state index is 11.5. The van der Waals surface area contributed by atoms with Gasteiger partial charge < -0.3 is 9.90 Å². The van der Waals surface area contributed by atoms with E-state index in [0.717, 1.165) is 19.3 Å². The van der Waals surface area contributed by atoms with Gasteiger partial charge in [-0.1, -0.05) is 90.4 Å². The molecule has 0 aliphatic rings. The molecule has 0 aliphatic heterocycles. The second kappa shape index (κ2) is 19.2. The maximum Gasteiger partial charge on any atom is 1.00 e. The van der Waals surface area contributed by atoms with Gasteiger partial charge in [0.25, 0.3) is 0 Å². The standard InChI is InChI=1S/C18H37NO4S.Na/c1-2-3-4-5-6-7-8-9-10-11-12-13-14-15-16-24(22,23)19-17-18(20)21;/h19H,2-17H2,1H3,(H,20,21);/q;+1/p-1. The molecule has 0 aromatic rings. The zero-order valence-corrected chi connectivity index (χ0v) is 19.2. The van der Waals surface area contributed by atoms with Crippen LogP contribution in [0.2, 0.25) is 0 Å². The van der Waals surface area contributed by atoms with Crippen LogP contribution in [0.15, 0.2) is 0 Å². The molecule has 0 atom stereocenters. The van der Waals surface area contributed by atoms with Crippen molar-refractivity contribution in [3.63, 3.8) is 0 Å². The van der Waals surface area contributed by atoms with Crippen LogP contribution < -0.4 is 39.4 Å². The molecule has 0 saturated heterocycles. The van der Waals surface area contributed by atoms with Gasteiger partial charge in [0.15, 0.2) is 0 Å². The Morgan fingerprint density at radius 3 is 1.48 bits per heavy atom. The van der Waals surface area contributed by atoms with Gasteiger partial charge in [0, 0.05) is 0 Å². The van der Waals surface area contributed by atoms with E-state index in [0.29, 0.717) is 6.42 Å². The van der Waals surface area contributed by atoms with Gasteiger partial charge in [0.1, 0.15) is 0 Å². The minimum absolute atomic E-state index is 0. The first kappa shape index (κ1) is 27.6. The van der Waals surface area contributed by atoms with Gasteiger partial charge in [0.05, 0.1) is 18.3 Å². The number of nitrogens with one attached hydrogen (secondary N) is 1. The molecule has 0 aliphatic carbocycles. The first-order valence-corrected chi connectivity index (χ1v) is 11.3. The first-order chi connectivity index (χ1) is 11.5. The zero-order valence-electron chi connectivity index (χ0n) is 16.4. The predicted octanol–water partition coefficient (Wildman–Crippen LogP) is 0.141. The molecule has 0 amide bonds. The summed E-state index contributed by atoms with van der Waals surface area (Å²) in [6.07, 6.45) is 17.0. The van der Waals surface area contributed by atoms with E-state index in [2.05, 4.69) is 6.92 Å². The van der Waals surface area contributed by atoms with Crippen molar-refractivity contribution >= 4 is 16.0 Å². The van der Waals surface area contributed by atoms with Gasteiger partial charge in [-0.2, -0.15) is 0 Å². The Morgan fingerprint density at radius 2 is 1.12 bits per heavy atom. The molecule has 0 bridgehead atoms. The quantitative estimate of drug-likeness (QED) is 0.269. The van der Waals surface area contributed by atoms with Crippen LogP contribution in [0.4, 0.5) is 0 Å². The summed E-state index contributed by atoms with van der Waals surface area (Å²) in [5.41, 5.74) is 0. The van der Waals surface area contributed by atoms with Crippen LogP contribution in [0.3, 0.4) is 0 Å². The fraction of sp³-hybridized carbons (Fsp3) is 0.944. The monoisotopic (exact) mass is 385 g/mol. The Bertz CT molecular complexity index is 402. The van der Waals surface area contributed by atoms with Crippen molar-refractivity contribution in [1.29, 1.82) is 0 Å². The number of sulfonamides is 1. The van der Waals surface area contributed by atoms with Crippen molar-refractivity contribution in [1.82, 2.24) is 4.72 Å². The molecule has 0 unspecified atom stereocenters. The Balaban J connectivity index is 0. The largest absolute Gasteiger partial charge is 1.00 e. The van der Waals surface area contributed by atoms with Gasteiger partial charge in [-0.25, -0.2) is 13.1 Å². The molecule has 0 fully saturated rings. The second-order valence-corrected chi connectivity index (χ2v) is 8.53. The van der Waals surface area contributed by atoms with E-state index in [1.54, 1.807) is 0 Å². The summed E-state index contributed by atoms with van der Waals surface area (Å²) in [5, 5.41) is 10.2. The van der Waals surface area contributed by atoms with Crippen LogP contribution in [0, 0.1) is 0 Å². The summed E-state index contributed by atoms with van der Waals surface area (Å²) < 4.78 is 24.9. The molecule has 0 aromatic carbocycles. The van der Waals surface area contributed by atoms with E-state index in [-0.39, 0.29) is 35.3 Å². The van der Waals surface area contributed by atoms with Crippen LogP contribution in [0.5, 0.6) is 0 Å². The molecule has 7 heteroatoms. The predicted molar refractivity (Wildman–Crippen MR) is 97.1 cm³/mol. The Kier molecular flexibility index (Phi) is 21.1. The smallest absolute Gasteiger partial charge is 0.549 e. The van der Waals surface area contributed by atoms with E-state index in [9.17, 15) is 18.3 Å². The SMILES string of the molecule is CCCCCCCCCCCCCCCCS(=O)(=O)NCC(=O)[O-].[Na+]. The van der Waals surface area contributed by atoms with Crippen LogP contribution in [0.25, 0.3) is 0 Å². The number of carbonyl (C=O) groups is 1. The van der Waals surface area contributed by atoms with Crippen molar-refractivity contribution in [2.24, 2.45) is 0 Å². The normalized spacial score (nSPS) is 11.2. The average Bonchev–Trinajstić information content (AvgIpc) is 2.53. The number of carboxylic acids is 1. The molecule has 144 valence electrons. The third kappa shape index (κ3) is 22.3. The third-order valence-corrected chi connectivity index (χ3v) is 5.61. The van der Waals surface area contributed by atoms with Crippen LogP contribution in [0.1, 0.15) is 96.8 Å². The fourth-order valence-electron chi connectivity index (χ4n) is 2.73. The average molecular weight is 386 g/mol. The Hall–Kier alpha value is 0.380. The summed E-state index contributed by atoms with van der Waals surface area (Å²) in [4.78, 5) is 10.2. The van der Waals surface area contributed by atoms with E-state index in [1.165, 1.54) is 64.2 Å². The third-order valence-electron chi connectivity index (χ3n) is 4.20. The maximum atomic E-state index is 11.5. The summed E-state index contributed by atoms with van der Waals surface area (Å²) in [6.45, 7) is 1.61. The minimum atomic E-state index is -3.46. The number of carbonyl (C=O) groups excluding carboxylic acids is 1. The fourth-order valence-corrected chi connectivity index (χ4v) is 3.79. The number of carboxylic acid groups (broad SMARTS) is 1. The van der Waals surface area contributed by atoms with Crippen molar-refractivity contribution in [3.8, 4) is 0 Å². The number of rotatable bonds is 18. The molecule has 0 heterocycles. The topological polar surface area (TPSA) is 86.3 Å². The molecule has 0 radical (unpaired) electrons. The van der Waals surface area contributed by atoms with Gasteiger partial charge in [-0.05, 0) is 6.42 Å². The van der Waals surface area contributed by atoms with Gasteiger partial charge >= 0.3 is 29.6 Å². The van der Waals surface area contributed by atoms with E-state index >= 15 is 0 Å². The van der Waals surface area contributed by atoms with E-state index < -0.39 is 22.5 Å². The molecular formula is C18H36NNaO4S. The van der Waals surface area contributed by atoms with Crippen LogP contribution >= 0.6 is 0 Å². The van der Waals surface area contributed by atoms with Crippen LogP contribution in [-0.2, 0) is 14.8 Å². The summed E-state index contributed by atoms with van der Waals surface area (Å²) in [7, 11) is -3.46. The molecule has 5 nitrogen and oxygen atoms in total. The van der Waals surface area contributed by atoms with E-state index in [1.807, 2.05) is 4.72 Å². The zero-order chi connectivity index (χ0) is 18.1. The second-order valence-electron chi connectivity index (χ2n) is 6.61. The Labute approximate surface area is 177 Å². The van der Waals surface area contributed by atoms with Crippen molar-refractivity contribution in [3.05, 3.63) is 0 Å². The molecule has 0 spiro atoms. The first-order valence-electron chi connectivity index (χ1n) is 9.65. The number of unbranched alkanes of at least 4 members (excludes halogenated alkanes) is 13. The molecule has 0 saturated carbocycles.